The summed E-state index contributed by atoms with van der Waals surface area (Å²) in [5.74, 6) is -1.98. The molecule has 0 bridgehead atoms. The Hall–Kier alpha value is -3.39. The topological polar surface area (TPSA) is 53.5 Å². The van der Waals surface area contributed by atoms with E-state index in [1.807, 2.05) is 30.3 Å². The first-order valence-corrected chi connectivity index (χ1v) is 10.6. The van der Waals surface area contributed by atoms with Gasteiger partial charge in [0.1, 0.15) is 11.6 Å². The summed E-state index contributed by atoms with van der Waals surface area (Å²) in [6, 6.07) is 11.2. The molecule has 0 spiro atoms. The van der Waals surface area contributed by atoms with Crippen LogP contribution in [0.25, 0.3) is 6.08 Å². The van der Waals surface area contributed by atoms with Crippen LogP contribution in [0, 0.1) is 11.6 Å². The standard InChI is InChI=1S/C23H19F2N3O2S/c1-15(29)28(19-7-3-2-4-8-19)23-26-18(14-31-23)9-10-21(30)27-11-5-6-16-12-17(24)13-20(25)22(16)27/h2-4,7-10,12-14H,5-6,11H2,1H3/b10-9+. The second-order valence-corrected chi connectivity index (χ2v) is 7.90. The smallest absolute Gasteiger partial charge is 0.251 e. The highest BCUT2D eigenvalue weighted by Gasteiger charge is 2.25. The van der Waals surface area contributed by atoms with E-state index >= 15 is 0 Å². The van der Waals surface area contributed by atoms with Gasteiger partial charge in [-0.1, -0.05) is 18.2 Å². The van der Waals surface area contributed by atoms with Crippen LogP contribution in [0.2, 0.25) is 0 Å². The molecule has 2 amide bonds. The molecular weight excluding hydrogens is 420 g/mol. The Balaban J connectivity index is 1.55. The number of amides is 2. The summed E-state index contributed by atoms with van der Waals surface area (Å²) < 4.78 is 27.8. The predicted octanol–water partition coefficient (Wildman–Crippen LogP) is 5.10. The zero-order valence-electron chi connectivity index (χ0n) is 16.7. The number of carbonyl (C=O) groups excluding carboxylic acids is 2. The third-order valence-electron chi connectivity index (χ3n) is 4.90. The molecule has 2 aromatic carbocycles. The number of rotatable bonds is 4. The summed E-state index contributed by atoms with van der Waals surface area (Å²) in [7, 11) is 0. The van der Waals surface area contributed by atoms with Gasteiger partial charge in [0.2, 0.25) is 5.91 Å². The van der Waals surface area contributed by atoms with E-state index in [9.17, 15) is 18.4 Å². The van der Waals surface area contributed by atoms with Crippen LogP contribution in [0.1, 0.15) is 24.6 Å². The lowest BCUT2D eigenvalue weighted by Crippen LogP contribution is -2.35. The number of hydrogen-bond acceptors (Lipinski definition) is 4. The highest BCUT2D eigenvalue weighted by molar-refractivity contribution is 7.14. The largest absolute Gasteiger partial charge is 0.306 e. The van der Waals surface area contributed by atoms with Gasteiger partial charge in [0.25, 0.3) is 5.91 Å². The van der Waals surface area contributed by atoms with Crippen molar-refractivity contribution in [1.29, 1.82) is 0 Å². The fourth-order valence-corrected chi connectivity index (χ4v) is 4.43. The summed E-state index contributed by atoms with van der Waals surface area (Å²) in [6.45, 7) is 1.81. The Kier molecular flexibility index (Phi) is 5.90. The Bertz CT molecular complexity index is 1160. The summed E-state index contributed by atoms with van der Waals surface area (Å²) >= 11 is 1.28. The molecule has 0 saturated carbocycles. The maximum absolute atomic E-state index is 14.3. The number of para-hydroxylation sites is 1. The molecule has 0 fully saturated rings. The summed E-state index contributed by atoms with van der Waals surface area (Å²) in [4.78, 5) is 32.1. The first kappa shape index (κ1) is 20.9. The molecule has 0 radical (unpaired) electrons. The Labute approximate surface area is 182 Å². The molecule has 0 unspecified atom stereocenters. The first-order valence-electron chi connectivity index (χ1n) is 9.73. The number of thiazole rings is 1. The fourth-order valence-electron chi connectivity index (χ4n) is 3.58. The molecule has 0 N–H and O–H groups in total. The molecule has 5 nitrogen and oxygen atoms in total. The SMILES string of the molecule is CC(=O)N(c1ccccc1)c1nc(/C=C/C(=O)N2CCCc3cc(F)cc(F)c32)cs1. The number of aromatic nitrogens is 1. The summed E-state index contributed by atoms with van der Waals surface area (Å²) in [5, 5.41) is 2.22. The Morgan fingerprint density at radius 1 is 1.19 bits per heavy atom. The normalized spacial score (nSPS) is 13.3. The van der Waals surface area contributed by atoms with E-state index in [-0.39, 0.29) is 11.6 Å². The Morgan fingerprint density at radius 3 is 2.71 bits per heavy atom. The number of benzene rings is 2. The van der Waals surface area contributed by atoms with Crippen LogP contribution in [0.5, 0.6) is 0 Å². The van der Waals surface area contributed by atoms with Gasteiger partial charge in [-0.05, 0) is 42.7 Å². The molecular formula is C23H19F2N3O2S. The van der Waals surface area contributed by atoms with Gasteiger partial charge >= 0.3 is 0 Å². The van der Waals surface area contributed by atoms with Gasteiger partial charge in [-0.25, -0.2) is 13.8 Å². The van der Waals surface area contributed by atoms with Crippen molar-refractivity contribution in [1.82, 2.24) is 4.98 Å². The highest BCUT2D eigenvalue weighted by atomic mass is 32.1. The van der Waals surface area contributed by atoms with Gasteiger partial charge in [-0.2, -0.15) is 0 Å². The maximum atomic E-state index is 14.3. The van der Waals surface area contributed by atoms with Gasteiger partial charge in [0, 0.05) is 31.0 Å². The molecule has 0 aliphatic carbocycles. The van der Waals surface area contributed by atoms with Crippen LogP contribution in [0.4, 0.5) is 25.3 Å². The molecule has 2 heterocycles. The molecule has 1 aliphatic heterocycles. The molecule has 1 aliphatic rings. The quantitative estimate of drug-likeness (QED) is 0.532. The van der Waals surface area contributed by atoms with Crippen molar-refractivity contribution in [3.05, 3.63) is 76.8 Å². The van der Waals surface area contributed by atoms with Gasteiger partial charge < -0.3 is 4.90 Å². The lowest BCUT2D eigenvalue weighted by atomic mass is 10.0. The van der Waals surface area contributed by atoms with Crippen LogP contribution in [0.3, 0.4) is 0 Å². The predicted molar refractivity (Wildman–Crippen MR) is 117 cm³/mol. The molecule has 31 heavy (non-hydrogen) atoms. The summed E-state index contributed by atoms with van der Waals surface area (Å²) in [5.41, 5.74) is 1.82. The van der Waals surface area contributed by atoms with Crippen molar-refractivity contribution in [2.24, 2.45) is 0 Å². The molecule has 158 valence electrons. The molecule has 0 saturated heterocycles. The van der Waals surface area contributed by atoms with Crippen molar-refractivity contribution in [3.63, 3.8) is 0 Å². The van der Waals surface area contributed by atoms with Crippen LogP contribution in [-0.2, 0) is 16.0 Å². The minimum atomic E-state index is -0.743. The van der Waals surface area contributed by atoms with Crippen LogP contribution < -0.4 is 9.80 Å². The highest BCUT2D eigenvalue weighted by Crippen LogP contribution is 2.32. The van der Waals surface area contributed by atoms with Gasteiger partial charge in [0.15, 0.2) is 5.13 Å². The molecule has 4 rings (SSSR count). The number of halogens is 2. The number of aryl methyl sites for hydroxylation is 1. The van der Waals surface area contributed by atoms with Crippen molar-refractivity contribution in [3.8, 4) is 0 Å². The second-order valence-electron chi connectivity index (χ2n) is 7.07. The first-order chi connectivity index (χ1) is 14.9. The number of carbonyl (C=O) groups is 2. The van der Waals surface area contributed by atoms with E-state index < -0.39 is 17.5 Å². The van der Waals surface area contributed by atoms with E-state index in [1.165, 1.54) is 46.3 Å². The third-order valence-corrected chi connectivity index (χ3v) is 5.74. The number of anilines is 3. The number of fused-ring (bicyclic) bond motifs is 1. The molecule has 3 aromatic rings. The zero-order chi connectivity index (χ0) is 22.0. The van der Waals surface area contributed by atoms with Gasteiger partial charge in [0.05, 0.1) is 17.1 Å². The zero-order valence-corrected chi connectivity index (χ0v) is 17.5. The van der Waals surface area contributed by atoms with Crippen LogP contribution in [-0.4, -0.2) is 23.3 Å². The molecule has 1 aromatic heterocycles. The van der Waals surface area contributed by atoms with Crippen molar-refractivity contribution in [2.75, 3.05) is 16.3 Å². The molecule has 8 heteroatoms. The van der Waals surface area contributed by atoms with Crippen molar-refractivity contribution < 1.29 is 18.4 Å². The minimum Gasteiger partial charge on any atom is -0.306 e. The lowest BCUT2D eigenvalue weighted by Gasteiger charge is -2.29. The monoisotopic (exact) mass is 439 g/mol. The van der Waals surface area contributed by atoms with Crippen molar-refractivity contribution in [2.45, 2.75) is 19.8 Å². The van der Waals surface area contributed by atoms with Gasteiger partial charge in [-0.3, -0.25) is 14.5 Å². The van der Waals surface area contributed by atoms with Crippen LogP contribution >= 0.6 is 11.3 Å². The average Bonchev–Trinajstić information content (AvgIpc) is 3.20. The Morgan fingerprint density at radius 2 is 1.97 bits per heavy atom. The lowest BCUT2D eigenvalue weighted by molar-refractivity contribution is -0.116. The van der Waals surface area contributed by atoms with E-state index in [0.29, 0.717) is 41.5 Å². The number of nitrogens with zero attached hydrogens (tertiary/aromatic N) is 3. The third kappa shape index (κ3) is 4.39. The molecule has 0 atom stereocenters. The van der Waals surface area contributed by atoms with Crippen molar-refractivity contribution >= 4 is 45.7 Å². The second kappa shape index (κ2) is 8.77. The average molecular weight is 439 g/mol. The maximum Gasteiger partial charge on any atom is 0.251 e. The van der Waals surface area contributed by atoms with Gasteiger partial charge in [-0.15, -0.1) is 11.3 Å². The fraction of sp³-hybridized carbons (Fsp3) is 0.174. The van der Waals surface area contributed by atoms with E-state index in [2.05, 4.69) is 4.98 Å². The number of hydrogen-bond donors (Lipinski definition) is 0. The van der Waals surface area contributed by atoms with E-state index in [1.54, 1.807) is 5.38 Å². The van der Waals surface area contributed by atoms with Crippen LogP contribution in [0.15, 0.2) is 53.9 Å². The minimum absolute atomic E-state index is 0.132. The van der Waals surface area contributed by atoms with E-state index in [4.69, 9.17) is 0 Å². The van der Waals surface area contributed by atoms with E-state index in [0.717, 1.165) is 6.07 Å². The summed E-state index contributed by atoms with van der Waals surface area (Å²) in [6.07, 6.45) is 3.99.